The molecule has 0 saturated carbocycles. The number of hydrogen-bond acceptors (Lipinski definition) is 1. The third-order valence-electron chi connectivity index (χ3n) is 3.59. The van der Waals surface area contributed by atoms with E-state index in [9.17, 15) is 0 Å². The zero-order valence-corrected chi connectivity index (χ0v) is 14.5. The van der Waals surface area contributed by atoms with Crippen LogP contribution < -0.4 is 0 Å². The number of halogens is 2. The van der Waals surface area contributed by atoms with Gasteiger partial charge >= 0.3 is 0 Å². The largest absolute Gasteiger partial charge is 0.295 e. The number of aromatic nitrogens is 2. The first-order chi connectivity index (χ1) is 9.97. The highest BCUT2D eigenvalue weighted by molar-refractivity contribution is 9.10. The van der Waals surface area contributed by atoms with Crippen LogP contribution in [0, 0.1) is 13.8 Å². The minimum atomic E-state index is -0.152. The molecule has 0 spiro atoms. The summed E-state index contributed by atoms with van der Waals surface area (Å²) in [5, 5.41) is -0.152. The molecule has 1 aromatic heterocycles. The van der Waals surface area contributed by atoms with Crippen molar-refractivity contribution < 1.29 is 0 Å². The molecular weight excluding hydrogens is 348 g/mol. The molecule has 0 fully saturated rings. The molecule has 4 heteroatoms. The van der Waals surface area contributed by atoms with Gasteiger partial charge in [-0.2, -0.15) is 0 Å². The Balaban J connectivity index is 2.38. The fraction of sp³-hybridized carbons (Fsp3) is 0.235. The van der Waals surface area contributed by atoms with Crippen molar-refractivity contribution in [3.05, 3.63) is 57.8 Å². The van der Waals surface area contributed by atoms with Crippen molar-refractivity contribution in [3.8, 4) is 5.69 Å². The third-order valence-corrected chi connectivity index (χ3v) is 4.28. The van der Waals surface area contributed by atoms with Gasteiger partial charge in [-0.25, -0.2) is 4.98 Å². The first-order valence-electron chi connectivity index (χ1n) is 6.87. The monoisotopic (exact) mass is 362 g/mol. The lowest BCUT2D eigenvalue weighted by molar-refractivity contribution is 0.878. The molecule has 1 unspecified atom stereocenters. The molecule has 0 N–H and O–H groups in total. The van der Waals surface area contributed by atoms with E-state index < -0.39 is 0 Å². The molecule has 0 aliphatic carbocycles. The standard InChI is InChI=1S/C17H16BrClN2/c1-10-4-6-14-16(8-10)21(17(20-14)12(3)19)15-7-5-13(18)9-11(15)2/h4-9,12H,1-3H3. The van der Waals surface area contributed by atoms with Crippen molar-refractivity contribution in [1.29, 1.82) is 0 Å². The second-order valence-electron chi connectivity index (χ2n) is 5.34. The van der Waals surface area contributed by atoms with E-state index >= 15 is 0 Å². The van der Waals surface area contributed by atoms with Crippen molar-refractivity contribution in [3.63, 3.8) is 0 Å². The van der Waals surface area contributed by atoms with Crippen LogP contribution in [0.15, 0.2) is 40.9 Å². The van der Waals surface area contributed by atoms with E-state index in [-0.39, 0.29) is 5.38 Å². The molecule has 21 heavy (non-hydrogen) atoms. The number of fused-ring (bicyclic) bond motifs is 1. The van der Waals surface area contributed by atoms with Crippen molar-refractivity contribution in [2.45, 2.75) is 26.1 Å². The van der Waals surface area contributed by atoms with Crippen LogP contribution in [0.3, 0.4) is 0 Å². The van der Waals surface area contributed by atoms with Gasteiger partial charge < -0.3 is 0 Å². The number of hydrogen-bond donors (Lipinski definition) is 0. The summed E-state index contributed by atoms with van der Waals surface area (Å²) in [5.41, 5.74) is 5.60. The normalized spacial score (nSPS) is 12.8. The average Bonchev–Trinajstić information content (AvgIpc) is 2.77. The molecular formula is C17H16BrClN2. The third kappa shape index (κ3) is 2.60. The van der Waals surface area contributed by atoms with Crippen LogP contribution >= 0.6 is 27.5 Å². The van der Waals surface area contributed by atoms with Gasteiger partial charge in [-0.05, 0) is 62.2 Å². The Morgan fingerprint density at radius 1 is 1.14 bits per heavy atom. The maximum Gasteiger partial charge on any atom is 0.132 e. The van der Waals surface area contributed by atoms with Gasteiger partial charge in [0.05, 0.1) is 22.1 Å². The molecule has 2 aromatic carbocycles. The number of nitrogens with zero attached hydrogens (tertiary/aromatic N) is 2. The smallest absolute Gasteiger partial charge is 0.132 e. The molecule has 0 aliphatic heterocycles. The fourth-order valence-corrected chi connectivity index (χ4v) is 3.22. The van der Waals surface area contributed by atoms with Gasteiger partial charge in [0.15, 0.2) is 0 Å². The summed E-state index contributed by atoms with van der Waals surface area (Å²) in [6.07, 6.45) is 0. The summed E-state index contributed by atoms with van der Waals surface area (Å²) in [6.45, 7) is 6.15. The summed E-state index contributed by atoms with van der Waals surface area (Å²) < 4.78 is 3.24. The van der Waals surface area contributed by atoms with Crippen molar-refractivity contribution in [1.82, 2.24) is 9.55 Å². The Hall–Kier alpha value is -1.32. The topological polar surface area (TPSA) is 17.8 Å². The Morgan fingerprint density at radius 2 is 1.90 bits per heavy atom. The van der Waals surface area contributed by atoms with E-state index in [0.717, 1.165) is 27.0 Å². The minimum absolute atomic E-state index is 0.152. The predicted octanol–water partition coefficient (Wildman–Crippen LogP) is 5.70. The summed E-state index contributed by atoms with van der Waals surface area (Å²) >= 11 is 9.88. The van der Waals surface area contributed by atoms with Crippen LogP contribution in [0.25, 0.3) is 16.7 Å². The second kappa shape index (κ2) is 5.47. The molecule has 0 saturated heterocycles. The average molecular weight is 364 g/mol. The summed E-state index contributed by atoms with van der Waals surface area (Å²) in [5.74, 6) is 0.877. The number of alkyl halides is 1. The maximum atomic E-state index is 6.36. The first-order valence-corrected chi connectivity index (χ1v) is 8.10. The Bertz CT molecular complexity index is 821. The number of aryl methyl sites for hydroxylation is 2. The lowest BCUT2D eigenvalue weighted by Crippen LogP contribution is -2.03. The van der Waals surface area contributed by atoms with E-state index in [0.29, 0.717) is 0 Å². The van der Waals surface area contributed by atoms with Gasteiger partial charge in [0.25, 0.3) is 0 Å². The van der Waals surface area contributed by atoms with E-state index in [1.807, 2.05) is 13.0 Å². The summed E-state index contributed by atoms with van der Waals surface area (Å²) in [6, 6.07) is 12.6. The molecule has 1 atom stereocenters. The lowest BCUT2D eigenvalue weighted by Gasteiger charge is -2.13. The van der Waals surface area contributed by atoms with Crippen molar-refractivity contribution in [2.75, 3.05) is 0 Å². The molecule has 0 radical (unpaired) electrons. The molecule has 0 aliphatic rings. The van der Waals surface area contributed by atoms with Crippen molar-refractivity contribution in [2.24, 2.45) is 0 Å². The van der Waals surface area contributed by atoms with Crippen LogP contribution in [-0.2, 0) is 0 Å². The molecule has 0 bridgehead atoms. The molecule has 108 valence electrons. The van der Waals surface area contributed by atoms with Gasteiger partial charge in [0.1, 0.15) is 5.82 Å². The van der Waals surface area contributed by atoms with Crippen LogP contribution in [0.5, 0.6) is 0 Å². The number of benzene rings is 2. The van der Waals surface area contributed by atoms with Crippen LogP contribution in [0.1, 0.15) is 29.3 Å². The molecule has 1 heterocycles. The van der Waals surface area contributed by atoms with Gasteiger partial charge in [-0.15, -0.1) is 11.6 Å². The lowest BCUT2D eigenvalue weighted by atomic mass is 10.1. The zero-order valence-electron chi connectivity index (χ0n) is 12.2. The molecule has 2 nitrogen and oxygen atoms in total. The highest BCUT2D eigenvalue weighted by Gasteiger charge is 2.17. The Labute approximate surface area is 137 Å². The van der Waals surface area contributed by atoms with E-state index in [1.165, 1.54) is 11.1 Å². The van der Waals surface area contributed by atoms with Gasteiger partial charge in [-0.3, -0.25) is 4.57 Å². The van der Waals surface area contributed by atoms with Gasteiger partial charge in [0.2, 0.25) is 0 Å². The maximum absolute atomic E-state index is 6.36. The zero-order chi connectivity index (χ0) is 15.1. The Morgan fingerprint density at radius 3 is 2.57 bits per heavy atom. The second-order valence-corrected chi connectivity index (χ2v) is 6.91. The number of imidazole rings is 1. The van der Waals surface area contributed by atoms with Crippen LogP contribution in [0.2, 0.25) is 0 Å². The Kier molecular flexibility index (Phi) is 3.80. The minimum Gasteiger partial charge on any atom is -0.295 e. The van der Waals surface area contributed by atoms with E-state index in [2.05, 4.69) is 64.7 Å². The highest BCUT2D eigenvalue weighted by atomic mass is 79.9. The quantitative estimate of drug-likeness (QED) is 0.534. The summed E-state index contributed by atoms with van der Waals surface area (Å²) in [7, 11) is 0. The molecule has 0 amide bonds. The van der Waals surface area contributed by atoms with E-state index in [1.54, 1.807) is 0 Å². The summed E-state index contributed by atoms with van der Waals surface area (Å²) in [4.78, 5) is 4.71. The molecule has 3 rings (SSSR count). The highest BCUT2D eigenvalue weighted by Crippen LogP contribution is 2.31. The SMILES string of the molecule is Cc1ccc2nc(C(C)Cl)n(-c3ccc(Br)cc3C)c2c1. The first kappa shape index (κ1) is 14.6. The van der Waals surface area contributed by atoms with E-state index in [4.69, 9.17) is 16.6 Å². The van der Waals surface area contributed by atoms with Crippen LogP contribution in [0.4, 0.5) is 0 Å². The van der Waals surface area contributed by atoms with Gasteiger partial charge in [-0.1, -0.05) is 22.0 Å². The number of rotatable bonds is 2. The van der Waals surface area contributed by atoms with Crippen LogP contribution in [-0.4, -0.2) is 9.55 Å². The van der Waals surface area contributed by atoms with Gasteiger partial charge in [0, 0.05) is 4.47 Å². The predicted molar refractivity (Wildman–Crippen MR) is 92.5 cm³/mol. The van der Waals surface area contributed by atoms with Crippen molar-refractivity contribution >= 4 is 38.6 Å². The molecule has 3 aromatic rings. The fourth-order valence-electron chi connectivity index (χ4n) is 2.59.